The van der Waals surface area contributed by atoms with E-state index in [0.29, 0.717) is 16.9 Å². The largest absolute Gasteiger partial charge is 0.508 e. The molecular weight excluding hydrogens is 363 g/mol. The van der Waals surface area contributed by atoms with Crippen LogP contribution in [0.4, 0.5) is 4.39 Å². The molecule has 28 heavy (non-hydrogen) atoms. The third-order valence-electron chi connectivity index (χ3n) is 4.33. The second-order valence-electron chi connectivity index (χ2n) is 6.35. The van der Waals surface area contributed by atoms with Crippen LogP contribution in [-0.2, 0) is 22.7 Å². The molecule has 0 radical (unpaired) electrons. The van der Waals surface area contributed by atoms with Crippen LogP contribution in [0.3, 0.4) is 0 Å². The highest BCUT2D eigenvalue weighted by Crippen LogP contribution is 2.36. The van der Waals surface area contributed by atoms with Crippen molar-refractivity contribution in [2.45, 2.75) is 19.5 Å². The fraction of sp³-hybridized carbons (Fsp3) is 0.136. The Labute approximate surface area is 160 Å². The van der Waals surface area contributed by atoms with Gasteiger partial charge in [0.25, 0.3) is 0 Å². The van der Waals surface area contributed by atoms with Crippen LogP contribution >= 0.6 is 0 Å². The first-order valence-corrected chi connectivity index (χ1v) is 8.71. The Morgan fingerprint density at radius 1 is 1.11 bits per heavy atom. The number of phenolic OH excluding ortho intramolecular Hbond substituents is 1. The molecule has 1 aliphatic heterocycles. The van der Waals surface area contributed by atoms with E-state index in [1.165, 1.54) is 30.3 Å². The van der Waals surface area contributed by atoms with Crippen molar-refractivity contribution in [1.82, 2.24) is 0 Å². The summed E-state index contributed by atoms with van der Waals surface area (Å²) in [5.74, 6) is -0.679. The molecule has 0 saturated heterocycles. The molecule has 0 saturated carbocycles. The van der Waals surface area contributed by atoms with E-state index in [4.69, 9.17) is 14.2 Å². The number of aromatic hydroxyl groups is 1. The van der Waals surface area contributed by atoms with E-state index < -0.39 is 18.1 Å². The number of benzene rings is 3. The Morgan fingerprint density at radius 2 is 1.93 bits per heavy atom. The summed E-state index contributed by atoms with van der Waals surface area (Å²) in [7, 11) is 0. The summed E-state index contributed by atoms with van der Waals surface area (Å²) < 4.78 is 30.9. The van der Waals surface area contributed by atoms with Crippen molar-refractivity contribution in [3.05, 3.63) is 94.8 Å². The number of phenols is 1. The van der Waals surface area contributed by atoms with Crippen LogP contribution in [0.25, 0.3) is 0 Å². The molecule has 0 aliphatic carbocycles. The highest BCUT2D eigenvalue weighted by Gasteiger charge is 2.25. The zero-order valence-electron chi connectivity index (χ0n) is 14.8. The van der Waals surface area contributed by atoms with Crippen LogP contribution < -0.4 is 4.74 Å². The maximum Gasteiger partial charge on any atom is 0.338 e. The first-order valence-electron chi connectivity index (χ1n) is 8.71. The van der Waals surface area contributed by atoms with Gasteiger partial charge in [0.05, 0.1) is 12.2 Å². The molecule has 0 fully saturated rings. The third-order valence-corrected chi connectivity index (χ3v) is 4.33. The van der Waals surface area contributed by atoms with E-state index >= 15 is 0 Å². The molecule has 1 heterocycles. The van der Waals surface area contributed by atoms with Gasteiger partial charge < -0.3 is 19.3 Å². The minimum absolute atomic E-state index is 0.0382. The Morgan fingerprint density at radius 3 is 2.71 bits per heavy atom. The van der Waals surface area contributed by atoms with Crippen LogP contribution in [0.15, 0.2) is 66.7 Å². The standard InChI is InChI=1S/C22H17FO5/c23-18-9-16(12-26-21(25)15-7-4-8-19(24)11-15)20-17(10-18)13-27-22(28-20)14-5-2-1-3-6-14/h1-11,22,24H,12-13H2/t22-/m0/s1. The van der Waals surface area contributed by atoms with Gasteiger partial charge in [-0.1, -0.05) is 36.4 Å². The van der Waals surface area contributed by atoms with Crippen LogP contribution in [0.2, 0.25) is 0 Å². The predicted molar refractivity (Wildman–Crippen MR) is 98.2 cm³/mol. The fourth-order valence-corrected chi connectivity index (χ4v) is 3.02. The van der Waals surface area contributed by atoms with Crippen molar-refractivity contribution in [2.24, 2.45) is 0 Å². The third kappa shape index (κ3) is 3.82. The second-order valence-corrected chi connectivity index (χ2v) is 6.35. The summed E-state index contributed by atoms with van der Waals surface area (Å²) in [6, 6.07) is 17.8. The van der Waals surface area contributed by atoms with Gasteiger partial charge in [-0.15, -0.1) is 0 Å². The van der Waals surface area contributed by atoms with Gasteiger partial charge in [-0.3, -0.25) is 0 Å². The van der Waals surface area contributed by atoms with Crippen molar-refractivity contribution < 1.29 is 28.5 Å². The number of fused-ring (bicyclic) bond motifs is 1. The smallest absolute Gasteiger partial charge is 0.338 e. The Hall–Kier alpha value is -3.38. The average Bonchev–Trinajstić information content (AvgIpc) is 2.72. The van der Waals surface area contributed by atoms with Gasteiger partial charge in [0.2, 0.25) is 6.29 Å². The lowest BCUT2D eigenvalue weighted by Gasteiger charge is -2.28. The van der Waals surface area contributed by atoms with E-state index in [1.54, 1.807) is 6.07 Å². The van der Waals surface area contributed by atoms with Gasteiger partial charge in [0, 0.05) is 16.7 Å². The summed E-state index contributed by atoms with van der Waals surface area (Å²) in [5.41, 5.74) is 2.00. The number of ether oxygens (including phenoxy) is 3. The minimum Gasteiger partial charge on any atom is -0.508 e. The molecule has 0 aromatic heterocycles. The monoisotopic (exact) mass is 380 g/mol. The lowest BCUT2D eigenvalue weighted by Crippen LogP contribution is -2.20. The van der Waals surface area contributed by atoms with Crippen LogP contribution in [0.1, 0.15) is 33.3 Å². The zero-order chi connectivity index (χ0) is 19.5. The highest BCUT2D eigenvalue weighted by atomic mass is 19.1. The molecule has 5 nitrogen and oxygen atoms in total. The quantitative estimate of drug-likeness (QED) is 0.676. The van der Waals surface area contributed by atoms with Gasteiger partial charge in [-0.05, 0) is 30.3 Å². The van der Waals surface area contributed by atoms with E-state index in [9.17, 15) is 14.3 Å². The minimum atomic E-state index is -0.625. The number of rotatable bonds is 4. The molecule has 1 atom stereocenters. The van der Waals surface area contributed by atoms with Crippen molar-refractivity contribution in [3.8, 4) is 11.5 Å². The molecule has 0 bridgehead atoms. The first kappa shape index (κ1) is 18.0. The van der Waals surface area contributed by atoms with E-state index in [1.807, 2.05) is 30.3 Å². The van der Waals surface area contributed by atoms with Crippen LogP contribution in [0, 0.1) is 5.82 Å². The number of hydrogen-bond acceptors (Lipinski definition) is 5. The highest BCUT2D eigenvalue weighted by molar-refractivity contribution is 5.89. The summed E-state index contributed by atoms with van der Waals surface area (Å²) in [6.45, 7) is 0.0102. The normalized spacial score (nSPS) is 15.4. The molecule has 4 rings (SSSR count). The molecule has 0 amide bonds. The molecule has 6 heteroatoms. The Bertz CT molecular complexity index is 1000. The number of carbonyl (C=O) groups is 1. The summed E-state index contributed by atoms with van der Waals surface area (Å²) in [6.07, 6.45) is -0.625. The van der Waals surface area contributed by atoms with Crippen molar-refractivity contribution >= 4 is 5.97 Å². The summed E-state index contributed by atoms with van der Waals surface area (Å²) in [4.78, 5) is 12.2. The van der Waals surface area contributed by atoms with E-state index in [-0.39, 0.29) is 24.5 Å². The topological polar surface area (TPSA) is 65.0 Å². The molecule has 1 aliphatic rings. The number of esters is 1. The van der Waals surface area contributed by atoms with Crippen LogP contribution in [0.5, 0.6) is 11.5 Å². The number of halogens is 1. The van der Waals surface area contributed by atoms with Crippen molar-refractivity contribution in [3.63, 3.8) is 0 Å². The molecule has 3 aromatic rings. The molecular formula is C22H17FO5. The molecule has 142 valence electrons. The number of carbonyl (C=O) groups excluding carboxylic acids is 1. The van der Waals surface area contributed by atoms with Gasteiger partial charge in [-0.2, -0.15) is 0 Å². The molecule has 0 unspecified atom stereocenters. The summed E-state index contributed by atoms with van der Waals surface area (Å²) in [5, 5.41) is 9.49. The lowest BCUT2D eigenvalue weighted by atomic mass is 10.1. The van der Waals surface area contributed by atoms with Gasteiger partial charge >= 0.3 is 5.97 Å². The fourth-order valence-electron chi connectivity index (χ4n) is 3.02. The Kier molecular flexibility index (Phi) is 4.95. The first-order chi connectivity index (χ1) is 13.6. The van der Waals surface area contributed by atoms with Gasteiger partial charge in [0.15, 0.2) is 0 Å². The molecule has 0 spiro atoms. The Balaban J connectivity index is 1.55. The maximum atomic E-state index is 14.0. The van der Waals surface area contributed by atoms with E-state index in [2.05, 4.69) is 0 Å². The predicted octanol–water partition coefficient (Wildman–Crippen LogP) is 4.50. The van der Waals surface area contributed by atoms with Crippen molar-refractivity contribution in [1.29, 1.82) is 0 Å². The lowest BCUT2D eigenvalue weighted by molar-refractivity contribution is -0.112. The number of hydrogen-bond donors (Lipinski definition) is 1. The average molecular weight is 380 g/mol. The maximum absolute atomic E-state index is 14.0. The second kappa shape index (κ2) is 7.70. The van der Waals surface area contributed by atoms with Crippen LogP contribution in [-0.4, -0.2) is 11.1 Å². The SMILES string of the molecule is O=C(OCc1cc(F)cc2c1O[C@@H](c1ccccc1)OC2)c1cccc(O)c1. The molecule has 1 N–H and O–H groups in total. The van der Waals surface area contributed by atoms with E-state index in [0.717, 1.165) is 5.56 Å². The van der Waals surface area contributed by atoms with Crippen molar-refractivity contribution in [2.75, 3.05) is 0 Å². The summed E-state index contributed by atoms with van der Waals surface area (Å²) >= 11 is 0. The molecule has 3 aromatic carbocycles. The van der Waals surface area contributed by atoms with Gasteiger partial charge in [-0.25, -0.2) is 9.18 Å². The van der Waals surface area contributed by atoms with Gasteiger partial charge in [0.1, 0.15) is 23.9 Å². The zero-order valence-corrected chi connectivity index (χ0v) is 14.8.